The summed E-state index contributed by atoms with van der Waals surface area (Å²) in [6.07, 6.45) is 2.47. The van der Waals surface area contributed by atoms with Crippen LogP contribution < -0.4 is 4.74 Å². The topological polar surface area (TPSA) is 65.8 Å². The van der Waals surface area contributed by atoms with Crippen LogP contribution in [-0.4, -0.2) is 52.4 Å². The first kappa shape index (κ1) is 21.8. The van der Waals surface area contributed by atoms with Gasteiger partial charge in [0.1, 0.15) is 18.5 Å². The van der Waals surface area contributed by atoms with Gasteiger partial charge in [-0.2, -0.15) is 0 Å². The molecular formula is C26H32N2O3. The molecule has 5 heteroatoms. The summed E-state index contributed by atoms with van der Waals surface area (Å²) in [6.45, 7) is 6.57. The number of aliphatic hydroxyl groups excluding tert-OH is 1. The average molecular weight is 421 g/mol. The summed E-state index contributed by atoms with van der Waals surface area (Å²) < 4.78 is 5.76. The smallest absolute Gasteiger partial charge is 0.119 e. The summed E-state index contributed by atoms with van der Waals surface area (Å²) in [5.74, 6) is 1.27. The van der Waals surface area contributed by atoms with Crippen molar-refractivity contribution < 1.29 is 14.9 Å². The Bertz CT molecular complexity index is 995. The van der Waals surface area contributed by atoms with Crippen LogP contribution in [0, 0.1) is 0 Å². The van der Waals surface area contributed by atoms with E-state index in [0.717, 1.165) is 35.3 Å². The van der Waals surface area contributed by atoms with E-state index in [9.17, 15) is 10.2 Å². The Morgan fingerprint density at radius 3 is 2.48 bits per heavy atom. The summed E-state index contributed by atoms with van der Waals surface area (Å²) in [4.78, 5) is 6.70. The van der Waals surface area contributed by atoms with Crippen LogP contribution in [0.2, 0.25) is 0 Å². The minimum absolute atomic E-state index is 0.260. The zero-order valence-electron chi connectivity index (χ0n) is 18.4. The van der Waals surface area contributed by atoms with E-state index in [4.69, 9.17) is 4.74 Å². The second-order valence-electron chi connectivity index (χ2n) is 8.94. The van der Waals surface area contributed by atoms with E-state index in [-0.39, 0.29) is 6.61 Å². The molecule has 1 atom stereocenters. The van der Waals surface area contributed by atoms with Crippen molar-refractivity contribution in [2.24, 2.45) is 0 Å². The highest BCUT2D eigenvalue weighted by Gasteiger charge is 2.34. The van der Waals surface area contributed by atoms with Crippen LogP contribution >= 0.6 is 0 Å². The Kier molecular flexibility index (Phi) is 6.56. The molecule has 3 aromatic rings. The maximum atomic E-state index is 11.2. The van der Waals surface area contributed by atoms with E-state index in [1.54, 1.807) is 6.20 Å². The fourth-order valence-electron chi connectivity index (χ4n) is 4.21. The number of β-amino-alcohol motifs (C(OH)–C–C–N with tert-alkyl or cyclic N) is 1. The van der Waals surface area contributed by atoms with Crippen LogP contribution in [0.3, 0.4) is 0 Å². The van der Waals surface area contributed by atoms with E-state index < -0.39 is 11.7 Å². The fraction of sp³-hybridized carbons (Fsp3) is 0.423. The Balaban J connectivity index is 1.28. The Morgan fingerprint density at radius 1 is 1.06 bits per heavy atom. The summed E-state index contributed by atoms with van der Waals surface area (Å²) in [6, 6.07) is 18.1. The molecule has 0 spiro atoms. The van der Waals surface area contributed by atoms with Gasteiger partial charge in [-0.1, -0.05) is 44.2 Å². The Labute approximate surface area is 184 Å². The fourth-order valence-corrected chi connectivity index (χ4v) is 4.21. The number of aliphatic hydroxyl groups is 2. The number of aromatic nitrogens is 1. The van der Waals surface area contributed by atoms with Crippen molar-refractivity contribution >= 4 is 10.9 Å². The molecule has 0 bridgehead atoms. The molecule has 1 aromatic heterocycles. The van der Waals surface area contributed by atoms with Gasteiger partial charge in [0, 0.05) is 36.8 Å². The van der Waals surface area contributed by atoms with Crippen LogP contribution in [0.4, 0.5) is 0 Å². The molecule has 0 unspecified atom stereocenters. The van der Waals surface area contributed by atoms with Crippen LogP contribution in [0.1, 0.15) is 43.7 Å². The number of fused-ring (bicyclic) bond motifs is 1. The normalized spacial score (nSPS) is 17.7. The van der Waals surface area contributed by atoms with Gasteiger partial charge in [0.2, 0.25) is 0 Å². The molecule has 5 nitrogen and oxygen atoms in total. The number of nitrogens with zero attached hydrogens (tertiary/aromatic N) is 2. The molecule has 1 aliphatic rings. The predicted molar refractivity (Wildman–Crippen MR) is 123 cm³/mol. The van der Waals surface area contributed by atoms with Crippen molar-refractivity contribution in [1.29, 1.82) is 0 Å². The van der Waals surface area contributed by atoms with Crippen molar-refractivity contribution in [2.45, 2.75) is 44.3 Å². The first-order chi connectivity index (χ1) is 14.9. The lowest BCUT2D eigenvalue weighted by Gasteiger charge is -2.39. The lowest BCUT2D eigenvalue weighted by Crippen LogP contribution is -2.46. The molecule has 2 heterocycles. The molecule has 0 amide bonds. The van der Waals surface area contributed by atoms with Crippen LogP contribution in [0.15, 0.2) is 60.8 Å². The van der Waals surface area contributed by atoms with Gasteiger partial charge >= 0.3 is 0 Å². The van der Waals surface area contributed by atoms with Crippen molar-refractivity contribution in [3.8, 4) is 5.75 Å². The van der Waals surface area contributed by atoms with E-state index in [0.29, 0.717) is 25.3 Å². The molecule has 1 aliphatic heterocycles. The van der Waals surface area contributed by atoms with Crippen molar-refractivity contribution in [3.05, 3.63) is 71.9 Å². The molecule has 0 radical (unpaired) electrons. The summed E-state index contributed by atoms with van der Waals surface area (Å²) in [5.41, 5.74) is 2.22. The molecule has 0 saturated carbocycles. The zero-order valence-corrected chi connectivity index (χ0v) is 18.4. The van der Waals surface area contributed by atoms with Gasteiger partial charge in [0.15, 0.2) is 0 Å². The second kappa shape index (κ2) is 9.35. The minimum atomic E-state index is -0.868. The zero-order chi connectivity index (χ0) is 21.8. The molecular weight excluding hydrogens is 388 g/mol. The summed E-state index contributed by atoms with van der Waals surface area (Å²) in [7, 11) is 0. The van der Waals surface area contributed by atoms with Crippen molar-refractivity contribution in [2.75, 3.05) is 26.2 Å². The SMILES string of the molecule is CC(C)c1ccc(OC[C@@H](O)CN2CCC(O)(c3cnc4ccccc4c3)CC2)cc1. The molecule has 2 aromatic carbocycles. The molecule has 31 heavy (non-hydrogen) atoms. The highest BCUT2D eigenvalue weighted by molar-refractivity contribution is 5.78. The number of ether oxygens (including phenoxy) is 1. The second-order valence-corrected chi connectivity index (χ2v) is 8.94. The quantitative estimate of drug-likeness (QED) is 0.603. The monoisotopic (exact) mass is 420 g/mol. The number of likely N-dealkylation sites (tertiary alicyclic amines) is 1. The third kappa shape index (κ3) is 5.24. The van der Waals surface area contributed by atoms with Crippen LogP contribution in [0.25, 0.3) is 10.9 Å². The maximum absolute atomic E-state index is 11.2. The van der Waals surface area contributed by atoms with E-state index in [2.05, 4.69) is 35.9 Å². The maximum Gasteiger partial charge on any atom is 0.119 e. The van der Waals surface area contributed by atoms with E-state index in [1.807, 2.05) is 42.5 Å². The first-order valence-electron chi connectivity index (χ1n) is 11.1. The van der Waals surface area contributed by atoms with Gasteiger partial charge in [0.25, 0.3) is 0 Å². The Hall–Kier alpha value is -2.47. The van der Waals surface area contributed by atoms with E-state index >= 15 is 0 Å². The first-order valence-corrected chi connectivity index (χ1v) is 11.1. The third-order valence-corrected chi connectivity index (χ3v) is 6.27. The van der Waals surface area contributed by atoms with Gasteiger partial charge in [-0.15, -0.1) is 0 Å². The van der Waals surface area contributed by atoms with Gasteiger partial charge in [-0.3, -0.25) is 4.98 Å². The molecule has 0 aliphatic carbocycles. The summed E-state index contributed by atoms with van der Waals surface area (Å²) >= 11 is 0. The number of hydrogen-bond donors (Lipinski definition) is 2. The van der Waals surface area contributed by atoms with Gasteiger partial charge in [-0.25, -0.2) is 0 Å². The lowest BCUT2D eigenvalue weighted by molar-refractivity contribution is -0.0373. The van der Waals surface area contributed by atoms with Crippen molar-refractivity contribution in [3.63, 3.8) is 0 Å². The number of hydrogen-bond acceptors (Lipinski definition) is 5. The number of benzene rings is 2. The van der Waals surface area contributed by atoms with Crippen LogP contribution in [0.5, 0.6) is 5.75 Å². The predicted octanol–water partition coefficient (Wildman–Crippen LogP) is 4.08. The molecule has 2 N–H and O–H groups in total. The van der Waals surface area contributed by atoms with Crippen molar-refractivity contribution in [1.82, 2.24) is 9.88 Å². The minimum Gasteiger partial charge on any atom is -0.491 e. The highest BCUT2D eigenvalue weighted by Crippen LogP contribution is 2.33. The number of para-hydroxylation sites is 1. The summed E-state index contributed by atoms with van der Waals surface area (Å²) in [5, 5.41) is 22.7. The third-order valence-electron chi connectivity index (χ3n) is 6.27. The van der Waals surface area contributed by atoms with Gasteiger partial charge in [-0.05, 0) is 48.6 Å². The van der Waals surface area contributed by atoms with Gasteiger partial charge < -0.3 is 19.8 Å². The molecule has 4 rings (SSSR count). The van der Waals surface area contributed by atoms with Gasteiger partial charge in [0.05, 0.1) is 11.1 Å². The number of pyridine rings is 1. The van der Waals surface area contributed by atoms with Crippen LogP contribution in [-0.2, 0) is 5.60 Å². The average Bonchev–Trinajstić information content (AvgIpc) is 2.79. The standard InChI is InChI=1S/C26H32N2O3/c1-19(2)20-7-9-24(10-8-20)31-18-23(29)17-28-13-11-26(30,12-14-28)22-15-21-5-3-4-6-25(21)27-16-22/h3-10,15-16,19,23,29-30H,11-14,17-18H2,1-2H3/t23-/m0/s1. The molecule has 1 saturated heterocycles. The Morgan fingerprint density at radius 2 is 1.77 bits per heavy atom. The largest absolute Gasteiger partial charge is 0.491 e. The number of piperidine rings is 1. The lowest BCUT2D eigenvalue weighted by atomic mass is 9.84. The number of rotatable bonds is 7. The highest BCUT2D eigenvalue weighted by atomic mass is 16.5. The molecule has 1 fully saturated rings. The molecule has 164 valence electrons. The van der Waals surface area contributed by atoms with E-state index in [1.165, 1.54) is 5.56 Å².